The van der Waals surface area contributed by atoms with Gasteiger partial charge in [0.2, 0.25) is 5.91 Å². The molecule has 0 radical (unpaired) electrons. The van der Waals surface area contributed by atoms with Crippen LogP contribution < -0.4 is 0 Å². The number of piperidine rings is 1. The summed E-state index contributed by atoms with van der Waals surface area (Å²) in [5, 5.41) is 11.1. The van der Waals surface area contributed by atoms with Crippen molar-refractivity contribution < 1.29 is 4.79 Å². The average molecular weight is 339 g/mol. The van der Waals surface area contributed by atoms with Crippen LogP contribution in [0.2, 0.25) is 0 Å². The molecule has 3 rings (SSSR count). The van der Waals surface area contributed by atoms with Gasteiger partial charge in [-0.05, 0) is 50.3 Å². The van der Waals surface area contributed by atoms with Crippen molar-refractivity contribution in [1.82, 2.24) is 9.88 Å². The number of aryl methyl sites for hydroxylation is 2. The Hall–Kier alpha value is -2.06. The Kier molecular flexibility index (Phi) is 5.06. The van der Waals surface area contributed by atoms with Crippen LogP contribution in [0, 0.1) is 25.2 Å². The van der Waals surface area contributed by atoms with E-state index in [9.17, 15) is 10.1 Å². The van der Waals surface area contributed by atoms with Crippen molar-refractivity contribution in [3.63, 3.8) is 0 Å². The number of fused-ring (bicyclic) bond motifs is 1. The molecule has 1 aromatic carbocycles. The second kappa shape index (κ2) is 7.23. The number of thioether (sulfide) groups is 1. The van der Waals surface area contributed by atoms with Crippen LogP contribution in [0.25, 0.3) is 10.9 Å². The van der Waals surface area contributed by atoms with Crippen LogP contribution in [0.4, 0.5) is 0 Å². The summed E-state index contributed by atoms with van der Waals surface area (Å²) >= 11 is 1.38. The zero-order valence-electron chi connectivity index (χ0n) is 14.1. The number of carbonyl (C=O) groups excluding carboxylic acids is 1. The molecule has 1 aromatic heterocycles. The molecule has 1 aliphatic heterocycles. The average Bonchev–Trinajstić information content (AvgIpc) is 2.63. The number of hydrogen-bond donors (Lipinski definition) is 0. The van der Waals surface area contributed by atoms with Gasteiger partial charge < -0.3 is 4.90 Å². The molecule has 2 heterocycles. The Morgan fingerprint density at radius 3 is 2.67 bits per heavy atom. The maximum atomic E-state index is 12.4. The normalized spacial score (nSPS) is 14.6. The van der Waals surface area contributed by atoms with E-state index in [0.29, 0.717) is 16.3 Å². The number of nitriles is 1. The molecule has 24 heavy (non-hydrogen) atoms. The lowest BCUT2D eigenvalue weighted by molar-refractivity contribution is -0.129. The number of aromatic nitrogens is 1. The lowest BCUT2D eigenvalue weighted by atomic mass is 10.0. The maximum absolute atomic E-state index is 12.4. The van der Waals surface area contributed by atoms with Crippen LogP contribution in [-0.4, -0.2) is 34.6 Å². The van der Waals surface area contributed by atoms with E-state index in [1.807, 2.05) is 36.9 Å². The fraction of sp³-hybridized carbons (Fsp3) is 0.421. The van der Waals surface area contributed by atoms with E-state index in [-0.39, 0.29) is 5.91 Å². The first-order chi connectivity index (χ1) is 11.6. The zero-order chi connectivity index (χ0) is 17.1. The molecule has 5 heteroatoms. The van der Waals surface area contributed by atoms with Crippen LogP contribution in [-0.2, 0) is 4.79 Å². The highest BCUT2D eigenvalue weighted by atomic mass is 32.2. The molecule has 124 valence electrons. The number of pyridine rings is 1. The summed E-state index contributed by atoms with van der Waals surface area (Å²) in [5.41, 5.74) is 3.67. The van der Waals surface area contributed by atoms with Crippen LogP contribution in [0.1, 0.15) is 36.0 Å². The van der Waals surface area contributed by atoms with Crippen LogP contribution >= 0.6 is 11.8 Å². The van der Waals surface area contributed by atoms with Gasteiger partial charge in [-0.1, -0.05) is 23.9 Å². The third kappa shape index (κ3) is 3.39. The van der Waals surface area contributed by atoms with Crippen molar-refractivity contribution >= 4 is 28.6 Å². The Labute approximate surface area is 146 Å². The Bertz CT molecular complexity index is 819. The van der Waals surface area contributed by atoms with E-state index < -0.39 is 0 Å². The van der Waals surface area contributed by atoms with Crippen molar-refractivity contribution in [2.75, 3.05) is 18.8 Å². The van der Waals surface area contributed by atoms with E-state index in [0.717, 1.165) is 48.0 Å². The third-order valence-electron chi connectivity index (χ3n) is 4.53. The first-order valence-corrected chi connectivity index (χ1v) is 9.30. The minimum Gasteiger partial charge on any atom is -0.342 e. The number of benzene rings is 1. The first-order valence-electron chi connectivity index (χ1n) is 8.32. The second-order valence-corrected chi connectivity index (χ2v) is 7.24. The number of amides is 1. The topological polar surface area (TPSA) is 57.0 Å². The van der Waals surface area contributed by atoms with E-state index in [4.69, 9.17) is 4.98 Å². The second-order valence-electron chi connectivity index (χ2n) is 6.28. The first kappa shape index (κ1) is 16.8. The predicted molar refractivity (Wildman–Crippen MR) is 97.1 cm³/mol. The van der Waals surface area contributed by atoms with Gasteiger partial charge in [0, 0.05) is 18.5 Å². The monoisotopic (exact) mass is 339 g/mol. The Balaban J connectivity index is 1.84. The van der Waals surface area contributed by atoms with E-state index in [1.165, 1.54) is 18.2 Å². The molecule has 1 amide bonds. The minimum atomic E-state index is 0.145. The largest absolute Gasteiger partial charge is 0.342 e. The lowest BCUT2D eigenvalue weighted by Crippen LogP contribution is -2.36. The van der Waals surface area contributed by atoms with Gasteiger partial charge in [0.1, 0.15) is 11.1 Å². The summed E-state index contributed by atoms with van der Waals surface area (Å²) in [6.45, 7) is 5.76. The van der Waals surface area contributed by atoms with Gasteiger partial charge in [0.05, 0.1) is 16.8 Å². The van der Waals surface area contributed by atoms with Crippen LogP contribution in [0.5, 0.6) is 0 Å². The van der Waals surface area contributed by atoms with Gasteiger partial charge in [-0.15, -0.1) is 0 Å². The molecule has 0 bridgehead atoms. The molecule has 0 aliphatic carbocycles. The molecule has 0 unspecified atom stereocenters. The molecule has 0 spiro atoms. The number of carbonyl (C=O) groups is 1. The molecule has 0 atom stereocenters. The highest BCUT2D eigenvalue weighted by molar-refractivity contribution is 8.00. The van der Waals surface area contributed by atoms with Crippen molar-refractivity contribution in [2.45, 2.75) is 38.1 Å². The molecule has 4 nitrogen and oxygen atoms in total. The molecular formula is C19H21N3OS. The molecular weight excluding hydrogens is 318 g/mol. The van der Waals surface area contributed by atoms with Crippen molar-refractivity contribution in [3.05, 3.63) is 34.9 Å². The smallest absolute Gasteiger partial charge is 0.232 e. The van der Waals surface area contributed by atoms with Gasteiger partial charge in [0.25, 0.3) is 0 Å². The molecule has 1 saturated heterocycles. The number of nitrogens with zero attached hydrogens (tertiary/aromatic N) is 3. The number of likely N-dealkylation sites (tertiary alicyclic amines) is 1. The Morgan fingerprint density at radius 1 is 1.25 bits per heavy atom. The van der Waals surface area contributed by atoms with Gasteiger partial charge in [-0.2, -0.15) is 5.26 Å². The summed E-state index contributed by atoms with van der Waals surface area (Å²) < 4.78 is 0. The minimum absolute atomic E-state index is 0.145. The summed E-state index contributed by atoms with van der Waals surface area (Å²) in [5.74, 6) is 0.490. The molecule has 0 saturated carbocycles. The summed E-state index contributed by atoms with van der Waals surface area (Å²) in [6, 6.07) is 8.23. The fourth-order valence-corrected chi connectivity index (χ4v) is 3.93. The van der Waals surface area contributed by atoms with Crippen LogP contribution in [0.15, 0.2) is 23.2 Å². The highest BCUT2D eigenvalue weighted by Gasteiger charge is 2.18. The lowest BCUT2D eigenvalue weighted by Gasteiger charge is -2.26. The highest BCUT2D eigenvalue weighted by Crippen LogP contribution is 2.28. The molecule has 2 aromatic rings. The molecule has 0 N–H and O–H groups in total. The van der Waals surface area contributed by atoms with E-state index in [1.54, 1.807) is 0 Å². The standard InChI is InChI=1S/C19H21N3OS/c1-13-6-7-14(2)18-16(13)10-15(11-20)19(21-18)24-12-17(23)22-8-4-3-5-9-22/h6-7,10H,3-5,8-9,12H2,1-2H3. The summed E-state index contributed by atoms with van der Waals surface area (Å²) in [4.78, 5) is 19.0. The van der Waals surface area contributed by atoms with Gasteiger partial charge in [-0.25, -0.2) is 4.98 Å². The zero-order valence-corrected chi connectivity index (χ0v) is 14.9. The molecule has 1 aliphatic rings. The van der Waals surface area contributed by atoms with Gasteiger partial charge in [-0.3, -0.25) is 4.79 Å². The molecule has 1 fully saturated rings. The van der Waals surface area contributed by atoms with Crippen molar-refractivity contribution in [2.24, 2.45) is 0 Å². The van der Waals surface area contributed by atoms with Crippen molar-refractivity contribution in [3.8, 4) is 6.07 Å². The number of hydrogen-bond acceptors (Lipinski definition) is 4. The third-order valence-corrected chi connectivity index (χ3v) is 5.51. The van der Waals surface area contributed by atoms with E-state index >= 15 is 0 Å². The SMILES string of the molecule is Cc1ccc(C)c2nc(SCC(=O)N3CCCCC3)c(C#N)cc12. The quantitative estimate of drug-likeness (QED) is 0.798. The maximum Gasteiger partial charge on any atom is 0.232 e. The van der Waals surface area contributed by atoms with Crippen LogP contribution in [0.3, 0.4) is 0 Å². The fourth-order valence-electron chi connectivity index (χ4n) is 3.07. The summed E-state index contributed by atoms with van der Waals surface area (Å²) in [7, 11) is 0. The van der Waals surface area contributed by atoms with E-state index in [2.05, 4.69) is 6.07 Å². The Morgan fingerprint density at radius 2 is 1.96 bits per heavy atom. The van der Waals surface area contributed by atoms with Gasteiger partial charge >= 0.3 is 0 Å². The summed E-state index contributed by atoms with van der Waals surface area (Å²) in [6.07, 6.45) is 3.39. The van der Waals surface area contributed by atoms with Gasteiger partial charge in [0.15, 0.2) is 0 Å². The number of rotatable bonds is 3. The van der Waals surface area contributed by atoms with Crippen molar-refractivity contribution in [1.29, 1.82) is 5.26 Å². The predicted octanol–water partition coefficient (Wildman–Crippen LogP) is 3.83.